The quantitative estimate of drug-likeness (QED) is 0.401. The second kappa shape index (κ2) is 9.22. The lowest BCUT2D eigenvalue weighted by molar-refractivity contribution is -0.140. The van der Waals surface area contributed by atoms with Crippen LogP contribution in [0.4, 0.5) is 0 Å². The number of amides is 1. The summed E-state index contributed by atoms with van der Waals surface area (Å²) in [5, 5.41) is 11.6. The van der Waals surface area contributed by atoms with E-state index in [0.717, 1.165) is 12.8 Å². The molecule has 0 aromatic heterocycles. The number of Topliss-reactive ketones (excluding diaryl/α,β-unsaturated/α-hetero) is 1. The second-order valence-electron chi connectivity index (χ2n) is 7.71. The lowest BCUT2D eigenvalue weighted by atomic mass is 9.95. The number of hydrogen-bond acceptors (Lipinski definition) is 6. The normalized spacial score (nSPS) is 22.4. The van der Waals surface area contributed by atoms with Gasteiger partial charge in [0.15, 0.2) is 11.5 Å². The molecule has 1 N–H and O–H groups in total. The Labute approximate surface area is 191 Å². The lowest BCUT2D eigenvalue weighted by Gasteiger charge is -2.28. The van der Waals surface area contributed by atoms with E-state index < -0.39 is 17.7 Å². The van der Waals surface area contributed by atoms with Crippen LogP contribution in [0.15, 0.2) is 48.0 Å². The van der Waals surface area contributed by atoms with E-state index in [0.29, 0.717) is 34.3 Å². The zero-order chi connectivity index (χ0) is 22.8. The number of carbonyl (C=O) groups is 2. The van der Waals surface area contributed by atoms with Crippen LogP contribution in [0.5, 0.6) is 11.5 Å². The third-order valence-electron chi connectivity index (χ3n) is 5.81. The Balaban J connectivity index is 1.85. The van der Waals surface area contributed by atoms with Gasteiger partial charge in [-0.3, -0.25) is 9.59 Å². The number of aliphatic hydroxyl groups excluding tert-OH is 1. The van der Waals surface area contributed by atoms with Crippen molar-refractivity contribution in [1.82, 2.24) is 4.90 Å². The highest BCUT2D eigenvalue weighted by Gasteiger charge is 2.47. The molecule has 2 saturated heterocycles. The van der Waals surface area contributed by atoms with E-state index in [-0.39, 0.29) is 24.0 Å². The summed E-state index contributed by atoms with van der Waals surface area (Å²) in [6, 6.07) is 10.8. The predicted octanol–water partition coefficient (Wildman–Crippen LogP) is 3.96. The summed E-state index contributed by atoms with van der Waals surface area (Å²) < 4.78 is 16.5. The van der Waals surface area contributed by atoms with Gasteiger partial charge in [0.1, 0.15) is 5.76 Å². The number of hydrogen-bond donors (Lipinski definition) is 1. The van der Waals surface area contributed by atoms with Gasteiger partial charge in [0.25, 0.3) is 11.7 Å². The van der Waals surface area contributed by atoms with Crippen molar-refractivity contribution in [3.8, 4) is 11.5 Å². The summed E-state index contributed by atoms with van der Waals surface area (Å²) in [6.45, 7) is 0.876. The number of likely N-dealkylation sites (tertiary alicyclic amines) is 1. The Morgan fingerprint density at radius 3 is 2.47 bits per heavy atom. The van der Waals surface area contributed by atoms with E-state index in [4.69, 9.17) is 25.8 Å². The summed E-state index contributed by atoms with van der Waals surface area (Å²) in [6.07, 6.45) is 1.55. The molecule has 2 unspecified atom stereocenters. The number of ether oxygens (including phenoxy) is 3. The molecule has 0 saturated carbocycles. The van der Waals surface area contributed by atoms with Crippen molar-refractivity contribution < 1.29 is 28.9 Å². The molecule has 2 aliphatic rings. The van der Waals surface area contributed by atoms with E-state index in [1.54, 1.807) is 42.5 Å². The molecule has 0 radical (unpaired) electrons. The third-order valence-corrected chi connectivity index (χ3v) is 6.06. The van der Waals surface area contributed by atoms with Crippen molar-refractivity contribution in [3.63, 3.8) is 0 Å². The zero-order valence-electron chi connectivity index (χ0n) is 17.8. The van der Waals surface area contributed by atoms with Gasteiger partial charge >= 0.3 is 0 Å². The van der Waals surface area contributed by atoms with Gasteiger partial charge < -0.3 is 24.2 Å². The highest BCUT2D eigenvalue weighted by Crippen LogP contribution is 2.42. The molecule has 0 bridgehead atoms. The fourth-order valence-electron chi connectivity index (χ4n) is 4.21. The summed E-state index contributed by atoms with van der Waals surface area (Å²) in [5.74, 6) is -0.690. The maximum atomic E-state index is 13.1. The fourth-order valence-corrected chi connectivity index (χ4v) is 4.33. The van der Waals surface area contributed by atoms with E-state index in [2.05, 4.69) is 0 Å². The Morgan fingerprint density at radius 1 is 1.12 bits per heavy atom. The molecule has 8 heteroatoms. The minimum Gasteiger partial charge on any atom is -0.507 e. The molecular formula is C24H24ClNO6. The van der Waals surface area contributed by atoms with Crippen LogP contribution in [0.25, 0.3) is 5.76 Å². The average molecular weight is 458 g/mol. The molecule has 2 aromatic rings. The van der Waals surface area contributed by atoms with Gasteiger partial charge in [-0.2, -0.15) is 0 Å². The molecule has 168 valence electrons. The zero-order valence-corrected chi connectivity index (χ0v) is 18.6. The Kier molecular flexibility index (Phi) is 6.39. The van der Waals surface area contributed by atoms with Crippen LogP contribution in [0.1, 0.15) is 30.0 Å². The van der Waals surface area contributed by atoms with E-state index in [9.17, 15) is 14.7 Å². The van der Waals surface area contributed by atoms with Crippen molar-refractivity contribution in [2.45, 2.75) is 25.0 Å². The van der Waals surface area contributed by atoms with Gasteiger partial charge in [0.05, 0.1) is 31.9 Å². The first-order valence-corrected chi connectivity index (χ1v) is 10.7. The molecular weight excluding hydrogens is 434 g/mol. The number of aliphatic hydroxyl groups is 1. The van der Waals surface area contributed by atoms with Gasteiger partial charge in [-0.1, -0.05) is 17.7 Å². The Morgan fingerprint density at radius 2 is 1.84 bits per heavy atom. The van der Waals surface area contributed by atoms with Crippen molar-refractivity contribution in [1.29, 1.82) is 0 Å². The van der Waals surface area contributed by atoms with Crippen molar-refractivity contribution in [2.24, 2.45) is 0 Å². The Hall–Kier alpha value is -3.03. The van der Waals surface area contributed by atoms with Crippen LogP contribution in [-0.4, -0.2) is 55.2 Å². The molecule has 1 amide bonds. The van der Waals surface area contributed by atoms with Crippen LogP contribution in [0, 0.1) is 0 Å². The average Bonchev–Trinajstić information content (AvgIpc) is 3.41. The maximum absolute atomic E-state index is 13.1. The predicted molar refractivity (Wildman–Crippen MR) is 119 cm³/mol. The number of benzene rings is 2. The minimum atomic E-state index is -0.797. The molecule has 4 rings (SSSR count). The van der Waals surface area contributed by atoms with E-state index in [1.165, 1.54) is 19.1 Å². The molecule has 0 aliphatic carbocycles. The first-order valence-electron chi connectivity index (χ1n) is 10.3. The van der Waals surface area contributed by atoms with Gasteiger partial charge in [-0.25, -0.2) is 0 Å². The smallest absolute Gasteiger partial charge is 0.295 e. The molecule has 2 fully saturated rings. The van der Waals surface area contributed by atoms with Crippen molar-refractivity contribution in [3.05, 3.63) is 64.2 Å². The maximum Gasteiger partial charge on any atom is 0.295 e. The SMILES string of the molecule is COc1ccc(C2C(=C(O)c3ccc(Cl)cc3)C(=O)C(=O)N2CC2CCCO2)cc1OC. The first-order chi connectivity index (χ1) is 15.4. The van der Waals surface area contributed by atoms with Crippen molar-refractivity contribution >= 4 is 29.1 Å². The van der Waals surface area contributed by atoms with Crippen LogP contribution >= 0.6 is 11.6 Å². The summed E-state index contributed by atoms with van der Waals surface area (Å²) >= 11 is 5.97. The molecule has 32 heavy (non-hydrogen) atoms. The molecule has 2 aromatic carbocycles. The molecule has 2 atom stereocenters. The largest absolute Gasteiger partial charge is 0.507 e. The monoisotopic (exact) mass is 457 g/mol. The van der Waals surface area contributed by atoms with Crippen molar-refractivity contribution in [2.75, 3.05) is 27.4 Å². The number of rotatable bonds is 6. The fraction of sp³-hybridized carbons (Fsp3) is 0.333. The van der Waals surface area contributed by atoms with Crippen LogP contribution in [0.2, 0.25) is 5.02 Å². The molecule has 2 aliphatic heterocycles. The Bertz CT molecular complexity index is 1060. The van der Waals surface area contributed by atoms with Crippen LogP contribution < -0.4 is 9.47 Å². The number of methoxy groups -OCH3 is 2. The first kappa shape index (κ1) is 22.2. The number of ketones is 1. The lowest BCUT2D eigenvalue weighted by Crippen LogP contribution is -2.36. The van der Waals surface area contributed by atoms with Gasteiger partial charge in [0, 0.05) is 23.7 Å². The highest BCUT2D eigenvalue weighted by atomic mass is 35.5. The third kappa shape index (κ3) is 4.06. The van der Waals surface area contributed by atoms with E-state index >= 15 is 0 Å². The molecule has 7 nitrogen and oxygen atoms in total. The summed E-state index contributed by atoms with van der Waals surface area (Å²) in [4.78, 5) is 27.6. The van der Waals surface area contributed by atoms with Gasteiger partial charge in [-0.05, 0) is 54.8 Å². The number of halogens is 1. The van der Waals surface area contributed by atoms with Gasteiger partial charge in [0.2, 0.25) is 0 Å². The second-order valence-corrected chi connectivity index (χ2v) is 8.14. The van der Waals surface area contributed by atoms with Gasteiger partial charge in [-0.15, -0.1) is 0 Å². The highest BCUT2D eigenvalue weighted by molar-refractivity contribution is 6.46. The molecule has 2 heterocycles. The van der Waals surface area contributed by atoms with Crippen LogP contribution in [0.3, 0.4) is 0 Å². The number of carbonyl (C=O) groups excluding carboxylic acids is 2. The minimum absolute atomic E-state index is 0.0162. The topological polar surface area (TPSA) is 85.3 Å². The van der Waals surface area contributed by atoms with E-state index in [1.807, 2.05) is 0 Å². The summed E-state index contributed by atoms with van der Waals surface area (Å²) in [5.41, 5.74) is 1.04. The summed E-state index contributed by atoms with van der Waals surface area (Å²) in [7, 11) is 3.04. The number of nitrogens with zero attached hydrogens (tertiary/aromatic N) is 1. The van der Waals surface area contributed by atoms with Crippen LogP contribution in [-0.2, 0) is 14.3 Å². The standard InChI is InChI=1S/C24H24ClNO6/c1-30-18-10-7-15(12-19(18)31-2)21-20(22(27)14-5-8-16(25)9-6-14)23(28)24(29)26(21)13-17-4-3-11-32-17/h5-10,12,17,21,27H,3-4,11,13H2,1-2H3. The molecule has 0 spiro atoms.